The normalized spacial score (nSPS) is 17.4. The van der Waals surface area contributed by atoms with Crippen molar-refractivity contribution in [2.45, 2.75) is 39.0 Å². The highest BCUT2D eigenvalue weighted by atomic mass is 35.5. The summed E-state index contributed by atoms with van der Waals surface area (Å²) in [6, 6.07) is -0.414. The fourth-order valence-electron chi connectivity index (χ4n) is 2.55. The summed E-state index contributed by atoms with van der Waals surface area (Å²) in [4.78, 5) is 20.9. The first kappa shape index (κ1) is 27.1. The molecule has 0 saturated carbocycles. The Labute approximate surface area is 172 Å². The van der Waals surface area contributed by atoms with Crippen molar-refractivity contribution in [3.8, 4) is 0 Å². The SMILES string of the molecule is COC(C)c1nc(CN2CCCN(C(=O)[C@@H](C)N)CC2)cs1.Cl.Cl.Cl. The van der Waals surface area contributed by atoms with Crippen LogP contribution in [0.25, 0.3) is 0 Å². The van der Waals surface area contributed by atoms with Crippen LogP contribution in [0.1, 0.15) is 37.1 Å². The summed E-state index contributed by atoms with van der Waals surface area (Å²) >= 11 is 1.64. The van der Waals surface area contributed by atoms with Crippen LogP contribution in [0.4, 0.5) is 0 Å². The van der Waals surface area contributed by atoms with E-state index in [4.69, 9.17) is 10.5 Å². The molecule has 1 fully saturated rings. The molecule has 1 saturated heterocycles. The van der Waals surface area contributed by atoms with Gasteiger partial charge in [0.05, 0.1) is 11.7 Å². The summed E-state index contributed by atoms with van der Waals surface area (Å²) < 4.78 is 5.30. The standard InChI is InChI=1S/C15H26N4O2S.3ClH/c1-11(16)15(20)19-6-4-5-18(7-8-19)9-13-10-22-14(17-13)12(2)21-3;;;/h10-12H,4-9,16H2,1-3H3;3*1H/t11-,12?;;;/m1.../s1. The monoisotopic (exact) mass is 434 g/mol. The third-order valence-corrected chi connectivity index (χ3v) is 5.00. The smallest absolute Gasteiger partial charge is 0.239 e. The fraction of sp³-hybridized carbons (Fsp3) is 0.733. The van der Waals surface area contributed by atoms with Crippen LogP contribution in [0.5, 0.6) is 0 Å². The van der Waals surface area contributed by atoms with Crippen LogP contribution in [-0.4, -0.2) is 60.0 Å². The molecule has 1 amide bonds. The molecule has 1 aromatic rings. The molecule has 148 valence electrons. The van der Waals surface area contributed by atoms with Gasteiger partial charge in [-0.1, -0.05) is 0 Å². The van der Waals surface area contributed by atoms with Gasteiger partial charge < -0.3 is 15.4 Å². The average Bonchev–Trinajstić information content (AvgIpc) is 2.84. The minimum Gasteiger partial charge on any atom is -0.375 e. The largest absolute Gasteiger partial charge is 0.375 e. The number of aromatic nitrogens is 1. The maximum atomic E-state index is 12.0. The fourth-order valence-corrected chi connectivity index (χ4v) is 3.39. The molecule has 0 spiro atoms. The number of hydrogen-bond acceptors (Lipinski definition) is 6. The molecule has 25 heavy (non-hydrogen) atoms. The average molecular weight is 436 g/mol. The molecule has 0 aromatic carbocycles. The van der Waals surface area contributed by atoms with Crippen molar-refractivity contribution < 1.29 is 9.53 Å². The van der Waals surface area contributed by atoms with Gasteiger partial charge in [-0.2, -0.15) is 0 Å². The molecule has 6 nitrogen and oxygen atoms in total. The summed E-state index contributed by atoms with van der Waals surface area (Å²) in [6.07, 6.45) is 1.02. The Morgan fingerprint density at radius 1 is 1.28 bits per heavy atom. The van der Waals surface area contributed by atoms with Crippen molar-refractivity contribution in [1.29, 1.82) is 0 Å². The van der Waals surface area contributed by atoms with Crippen LogP contribution in [0.3, 0.4) is 0 Å². The third kappa shape index (κ3) is 7.95. The minimum atomic E-state index is -0.414. The lowest BCUT2D eigenvalue weighted by Gasteiger charge is -2.23. The summed E-state index contributed by atoms with van der Waals surface area (Å²) in [5.74, 6) is 0.0479. The number of nitrogens with two attached hydrogens (primary N) is 1. The first-order valence-electron chi connectivity index (χ1n) is 7.75. The van der Waals surface area contributed by atoms with Crippen molar-refractivity contribution in [3.05, 3.63) is 16.1 Å². The summed E-state index contributed by atoms with van der Waals surface area (Å²) in [6.45, 7) is 7.96. The van der Waals surface area contributed by atoms with Gasteiger partial charge in [-0.05, 0) is 20.3 Å². The van der Waals surface area contributed by atoms with Gasteiger partial charge in [-0.15, -0.1) is 48.6 Å². The molecule has 10 heteroatoms. The second-order valence-corrected chi connectivity index (χ2v) is 6.69. The van der Waals surface area contributed by atoms with Crippen LogP contribution in [-0.2, 0) is 16.1 Å². The summed E-state index contributed by atoms with van der Waals surface area (Å²) in [5, 5.41) is 3.11. The van der Waals surface area contributed by atoms with Gasteiger partial charge in [0.2, 0.25) is 5.91 Å². The lowest BCUT2D eigenvalue weighted by molar-refractivity contribution is -0.132. The van der Waals surface area contributed by atoms with Crippen molar-refractivity contribution >= 4 is 54.5 Å². The summed E-state index contributed by atoms with van der Waals surface area (Å²) in [5.41, 5.74) is 6.77. The highest BCUT2D eigenvalue weighted by Gasteiger charge is 2.21. The number of halogens is 3. The van der Waals surface area contributed by atoms with E-state index >= 15 is 0 Å². The molecule has 1 aliphatic heterocycles. The van der Waals surface area contributed by atoms with Gasteiger partial charge >= 0.3 is 0 Å². The molecule has 2 N–H and O–H groups in total. The van der Waals surface area contributed by atoms with Crippen molar-refractivity contribution in [2.24, 2.45) is 5.73 Å². The zero-order valence-corrected chi connectivity index (χ0v) is 18.1. The molecule has 1 unspecified atom stereocenters. The van der Waals surface area contributed by atoms with Gasteiger partial charge in [-0.3, -0.25) is 9.69 Å². The molecule has 1 aromatic heterocycles. The first-order valence-corrected chi connectivity index (χ1v) is 8.63. The van der Waals surface area contributed by atoms with E-state index in [1.165, 1.54) is 0 Å². The number of amides is 1. The predicted molar refractivity (Wildman–Crippen MR) is 109 cm³/mol. The van der Waals surface area contributed by atoms with Crippen LogP contribution in [0, 0.1) is 0 Å². The Bertz CT molecular complexity index is 505. The number of carbonyl (C=O) groups is 1. The zero-order chi connectivity index (χ0) is 16.1. The number of carbonyl (C=O) groups excluding carboxylic acids is 1. The van der Waals surface area contributed by atoms with E-state index < -0.39 is 6.04 Å². The van der Waals surface area contributed by atoms with E-state index in [2.05, 4.69) is 15.3 Å². The van der Waals surface area contributed by atoms with Crippen molar-refractivity contribution in [1.82, 2.24) is 14.8 Å². The van der Waals surface area contributed by atoms with Crippen LogP contribution < -0.4 is 5.73 Å². The molecule has 2 rings (SSSR count). The molecule has 1 aliphatic rings. The van der Waals surface area contributed by atoms with E-state index in [-0.39, 0.29) is 49.2 Å². The Kier molecular flexibility index (Phi) is 14.2. The highest BCUT2D eigenvalue weighted by molar-refractivity contribution is 7.09. The molecular weight excluding hydrogens is 407 g/mol. The van der Waals surface area contributed by atoms with Crippen LogP contribution in [0.2, 0.25) is 0 Å². The Hall–Kier alpha value is -0.150. The Balaban J connectivity index is 0. The van der Waals surface area contributed by atoms with E-state index in [0.29, 0.717) is 0 Å². The van der Waals surface area contributed by atoms with Crippen LogP contribution >= 0.6 is 48.6 Å². The minimum absolute atomic E-state index is 0. The molecule has 2 atom stereocenters. The second-order valence-electron chi connectivity index (χ2n) is 5.80. The highest BCUT2D eigenvalue weighted by Crippen LogP contribution is 2.21. The molecule has 2 heterocycles. The quantitative estimate of drug-likeness (QED) is 0.769. The number of ether oxygens (including phenoxy) is 1. The lowest BCUT2D eigenvalue weighted by Crippen LogP contribution is -2.43. The number of nitrogens with zero attached hydrogens (tertiary/aromatic N) is 3. The zero-order valence-electron chi connectivity index (χ0n) is 14.8. The molecule has 0 aliphatic carbocycles. The summed E-state index contributed by atoms with van der Waals surface area (Å²) in [7, 11) is 1.70. The third-order valence-electron chi connectivity index (χ3n) is 3.95. The van der Waals surface area contributed by atoms with Gasteiger partial charge in [-0.25, -0.2) is 4.98 Å². The molecular formula is C15H29Cl3N4O2S. The Morgan fingerprint density at radius 3 is 2.56 bits per heavy atom. The predicted octanol–water partition coefficient (Wildman–Crippen LogP) is 2.50. The van der Waals surface area contributed by atoms with E-state index in [9.17, 15) is 4.79 Å². The van der Waals surface area contributed by atoms with Gasteiger partial charge in [0.15, 0.2) is 0 Å². The number of methoxy groups -OCH3 is 1. The number of rotatable bonds is 5. The van der Waals surface area contributed by atoms with Gasteiger partial charge in [0.25, 0.3) is 0 Å². The number of thiazole rings is 1. The maximum Gasteiger partial charge on any atom is 0.239 e. The van der Waals surface area contributed by atoms with E-state index in [1.54, 1.807) is 25.4 Å². The molecule has 0 bridgehead atoms. The Morgan fingerprint density at radius 2 is 1.96 bits per heavy atom. The maximum absolute atomic E-state index is 12.0. The van der Waals surface area contributed by atoms with Crippen molar-refractivity contribution in [3.63, 3.8) is 0 Å². The van der Waals surface area contributed by atoms with Crippen LogP contribution in [0.15, 0.2) is 5.38 Å². The van der Waals surface area contributed by atoms with E-state index in [1.807, 2.05) is 11.8 Å². The first-order chi connectivity index (χ1) is 10.5. The second kappa shape index (κ2) is 13.1. The topological polar surface area (TPSA) is 71.7 Å². The van der Waals surface area contributed by atoms with Gasteiger partial charge in [0, 0.05) is 45.2 Å². The van der Waals surface area contributed by atoms with E-state index in [0.717, 1.165) is 49.8 Å². The van der Waals surface area contributed by atoms with Gasteiger partial charge in [0.1, 0.15) is 11.1 Å². The van der Waals surface area contributed by atoms with Crippen molar-refractivity contribution in [2.75, 3.05) is 33.3 Å². The number of hydrogen-bond donors (Lipinski definition) is 1. The lowest BCUT2D eigenvalue weighted by atomic mass is 10.3. The molecule has 0 radical (unpaired) electrons.